The summed E-state index contributed by atoms with van der Waals surface area (Å²) in [7, 11) is 0. The van der Waals surface area contributed by atoms with E-state index in [1.54, 1.807) is 0 Å². The average Bonchev–Trinajstić information content (AvgIpc) is 3.51. The molecule has 0 saturated carbocycles. The Kier molecular flexibility index (Phi) is 7.31. The number of benzene rings is 7. The first-order chi connectivity index (χ1) is 26.4. The van der Waals surface area contributed by atoms with Gasteiger partial charge in [-0.1, -0.05) is 151 Å². The van der Waals surface area contributed by atoms with Crippen molar-refractivity contribution in [3.8, 4) is 33.8 Å². The molecule has 0 saturated heterocycles. The van der Waals surface area contributed by atoms with Crippen LogP contribution >= 0.6 is 0 Å². The third-order valence-corrected chi connectivity index (χ3v) is 11.4. The van der Waals surface area contributed by atoms with Crippen LogP contribution in [-0.4, -0.2) is 11.7 Å². The van der Waals surface area contributed by atoms with Crippen molar-refractivity contribution in [1.29, 1.82) is 0 Å². The van der Waals surface area contributed by atoms with E-state index in [1.807, 2.05) is 6.07 Å². The topological polar surface area (TPSA) is 46.0 Å². The molecule has 10 rings (SSSR count). The fourth-order valence-electron chi connectivity index (χ4n) is 9.09. The first-order valence-electron chi connectivity index (χ1n) is 18.7. The summed E-state index contributed by atoms with van der Waals surface area (Å²) in [6.07, 6.45) is -0.424. The predicted molar refractivity (Wildman–Crippen MR) is 220 cm³/mol. The Morgan fingerprint density at radius 3 is 1.98 bits per heavy atom. The highest BCUT2D eigenvalue weighted by atomic mass is 16.5. The van der Waals surface area contributed by atoms with Crippen molar-refractivity contribution in [2.75, 3.05) is 0 Å². The fourth-order valence-corrected chi connectivity index (χ4v) is 9.09. The van der Waals surface area contributed by atoms with Crippen molar-refractivity contribution in [3.63, 3.8) is 0 Å². The lowest BCUT2D eigenvalue weighted by molar-refractivity contribution is 0.431. The van der Waals surface area contributed by atoms with Gasteiger partial charge in [0.2, 0.25) is 0 Å². The standard InChI is InChI=1S/C50H39N3O/c1-30-28-33(4)43-41(29-30)50(39-19-11-12-21-42(39)54-46-32(3)14-13-20-40(46)50)45-38(27-22-31(2)44(43)45)49-52-47(36-17-9-6-10-18-36)51-48(53-49)37-25-23-35(24-26-37)34-15-7-5-8-16-34/h5-29,49H,1-4H3,(H,51,52,53). The molecule has 0 aromatic heterocycles. The van der Waals surface area contributed by atoms with Crippen molar-refractivity contribution >= 4 is 11.7 Å². The molecule has 1 aliphatic carbocycles. The van der Waals surface area contributed by atoms with E-state index in [0.29, 0.717) is 5.84 Å². The zero-order valence-corrected chi connectivity index (χ0v) is 30.8. The molecule has 2 heterocycles. The summed E-state index contributed by atoms with van der Waals surface area (Å²) in [4.78, 5) is 10.7. The monoisotopic (exact) mass is 697 g/mol. The maximum absolute atomic E-state index is 6.83. The molecule has 2 unspecified atom stereocenters. The molecule has 1 N–H and O–H groups in total. The summed E-state index contributed by atoms with van der Waals surface area (Å²) in [5.74, 6) is 3.31. The molecule has 4 nitrogen and oxygen atoms in total. The summed E-state index contributed by atoms with van der Waals surface area (Å²) < 4.78 is 6.83. The highest BCUT2D eigenvalue weighted by molar-refractivity contribution is 6.13. The highest BCUT2D eigenvalue weighted by Gasteiger charge is 2.54. The van der Waals surface area contributed by atoms with E-state index in [1.165, 1.54) is 44.5 Å². The van der Waals surface area contributed by atoms with Crippen molar-refractivity contribution in [2.45, 2.75) is 39.3 Å². The largest absolute Gasteiger partial charge is 0.456 e. The SMILES string of the molecule is Cc1cc(C)c2c(c1)C1(c3ccccc3Oc3c(C)cccc31)c1c(C3N=C(c4ccccc4)N=C(c4ccc(-c5ccccc5)cc4)N3)ccc(C)c1-2. The first kappa shape index (κ1) is 32.2. The molecule has 3 aliphatic rings. The van der Waals surface area contributed by atoms with E-state index >= 15 is 0 Å². The molecule has 0 radical (unpaired) electrons. The van der Waals surface area contributed by atoms with E-state index in [2.05, 4.69) is 179 Å². The quantitative estimate of drug-likeness (QED) is 0.199. The second-order valence-corrected chi connectivity index (χ2v) is 14.8. The number of rotatable bonds is 4. The Hall–Kier alpha value is -6.52. The number of amidine groups is 2. The molecular formula is C50H39N3O. The molecule has 7 aromatic rings. The summed E-state index contributed by atoms with van der Waals surface area (Å²) in [5.41, 5.74) is 17.1. The Morgan fingerprint density at radius 1 is 0.537 bits per heavy atom. The molecule has 7 aromatic carbocycles. The van der Waals surface area contributed by atoms with E-state index in [4.69, 9.17) is 14.7 Å². The number of hydrogen-bond acceptors (Lipinski definition) is 4. The molecule has 0 fully saturated rings. The maximum atomic E-state index is 6.83. The molecule has 2 aliphatic heterocycles. The van der Waals surface area contributed by atoms with Crippen LogP contribution in [0, 0.1) is 27.7 Å². The number of hydrogen-bond donors (Lipinski definition) is 1. The number of fused-ring (bicyclic) bond motifs is 9. The highest BCUT2D eigenvalue weighted by Crippen LogP contribution is 2.65. The minimum Gasteiger partial charge on any atom is -0.456 e. The average molecular weight is 698 g/mol. The van der Waals surface area contributed by atoms with E-state index in [9.17, 15) is 0 Å². The predicted octanol–water partition coefficient (Wildman–Crippen LogP) is 11.6. The van der Waals surface area contributed by atoms with Gasteiger partial charge in [-0.3, -0.25) is 0 Å². The van der Waals surface area contributed by atoms with Gasteiger partial charge in [0.25, 0.3) is 0 Å². The Bertz CT molecular complexity index is 2690. The number of nitrogens with zero attached hydrogens (tertiary/aromatic N) is 2. The summed E-state index contributed by atoms with van der Waals surface area (Å²) in [5, 5.41) is 3.86. The lowest BCUT2D eigenvalue weighted by atomic mass is 9.64. The maximum Gasteiger partial charge on any atom is 0.159 e. The molecule has 2 atom stereocenters. The summed E-state index contributed by atoms with van der Waals surface area (Å²) in [6, 6.07) is 54.0. The summed E-state index contributed by atoms with van der Waals surface area (Å²) >= 11 is 0. The van der Waals surface area contributed by atoms with Gasteiger partial charge < -0.3 is 10.1 Å². The van der Waals surface area contributed by atoms with Crippen molar-refractivity contribution in [2.24, 2.45) is 9.98 Å². The number of aliphatic imine (C=N–C) groups is 2. The Labute approximate surface area is 316 Å². The Balaban J connectivity index is 1.24. The molecule has 54 heavy (non-hydrogen) atoms. The van der Waals surface area contributed by atoms with Crippen LogP contribution in [-0.2, 0) is 5.41 Å². The van der Waals surface area contributed by atoms with Crippen molar-refractivity contribution in [3.05, 3.63) is 213 Å². The number of ether oxygens (including phenoxy) is 1. The second-order valence-electron chi connectivity index (χ2n) is 14.8. The molecule has 0 amide bonds. The number of para-hydroxylation sites is 2. The Morgan fingerprint density at radius 2 is 1.20 bits per heavy atom. The lowest BCUT2D eigenvalue weighted by Crippen LogP contribution is -2.37. The molecule has 4 heteroatoms. The van der Waals surface area contributed by atoms with Crippen LogP contribution in [0.4, 0.5) is 0 Å². The fraction of sp³-hybridized carbons (Fsp3) is 0.120. The van der Waals surface area contributed by atoms with Gasteiger partial charge in [-0.05, 0) is 83.8 Å². The normalized spacial score (nSPS) is 17.7. The van der Waals surface area contributed by atoms with Gasteiger partial charge in [0.15, 0.2) is 5.84 Å². The minimum atomic E-state index is -0.644. The van der Waals surface area contributed by atoms with Gasteiger partial charge in [0.05, 0.1) is 5.41 Å². The third kappa shape index (κ3) is 4.76. The van der Waals surface area contributed by atoms with Gasteiger partial charge >= 0.3 is 0 Å². The van der Waals surface area contributed by atoms with Crippen LogP contribution in [0.5, 0.6) is 11.5 Å². The number of nitrogens with one attached hydrogen (secondary N) is 1. The van der Waals surface area contributed by atoms with Gasteiger partial charge in [-0.2, -0.15) is 0 Å². The van der Waals surface area contributed by atoms with E-state index in [0.717, 1.165) is 56.3 Å². The molecule has 260 valence electrons. The van der Waals surface area contributed by atoms with Crippen LogP contribution in [0.2, 0.25) is 0 Å². The third-order valence-electron chi connectivity index (χ3n) is 11.4. The zero-order valence-electron chi connectivity index (χ0n) is 30.8. The molecular weight excluding hydrogens is 659 g/mol. The van der Waals surface area contributed by atoms with Gasteiger partial charge in [-0.15, -0.1) is 0 Å². The summed E-state index contributed by atoms with van der Waals surface area (Å²) in [6.45, 7) is 8.88. The van der Waals surface area contributed by atoms with Crippen LogP contribution in [0.25, 0.3) is 22.3 Å². The van der Waals surface area contributed by atoms with E-state index in [-0.39, 0.29) is 0 Å². The van der Waals surface area contributed by atoms with Crippen LogP contribution in [0.3, 0.4) is 0 Å². The lowest BCUT2D eigenvalue weighted by Gasteiger charge is -2.41. The number of aryl methyl sites for hydroxylation is 4. The van der Waals surface area contributed by atoms with Crippen LogP contribution in [0.1, 0.15) is 67.4 Å². The van der Waals surface area contributed by atoms with Gasteiger partial charge in [0.1, 0.15) is 23.5 Å². The molecule has 0 bridgehead atoms. The van der Waals surface area contributed by atoms with Crippen molar-refractivity contribution < 1.29 is 4.74 Å². The molecule has 1 spiro atoms. The first-order valence-corrected chi connectivity index (χ1v) is 18.7. The van der Waals surface area contributed by atoms with Gasteiger partial charge in [-0.25, -0.2) is 9.98 Å². The smallest absolute Gasteiger partial charge is 0.159 e. The van der Waals surface area contributed by atoms with Crippen molar-refractivity contribution in [1.82, 2.24) is 5.32 Å². The second kappa shape index (κ2) is 12.3. The van der Waals surface area contributed by atoms with E-state index < -0.39 is 11.6 Å². The minimum absolute atomic E-state index is 0.424. The van der Waals surface area contributed by atoms with Crippen LogP contribution < -0.4 is 10.1 Å². The zero-order chi connectivity index (χ0) is 36.6. The van der Waals surface area contributed by atoms with Gasteiger partial charge in [0, 0.05) is 27.8 Å². The van der Waals surface area contributed by atoms with Crippen LogP contribution in [0.15, 0.2) is 162 Å².